The zero-order chi connectivity index (χ0) is 13.6. The summed E-state index contributed by atoms with van der Waals surface area (Å²) in [5, 5.41) is 8.30. The van der Waals surface area contributed by atoms with Gasteiger partial charge in [0.15, 0.2) is 0 Å². The molecule has 0 bridgehead atoms. The first-order valence-corrected chi connectivity index (χ1v) is 6.97. The van der Waals surface area contributed by atoms with Gasteiger partial charge in [-0.25, -0.2) is 18.2 Å². The van der Waals surface area contributed by atoms with Crippen LogP contribution in [0.15, 0.2) is 30.3 Å². The van der Waals surface area contributed by atoms with E-state index in [1.165, 1.54) is 16.8 Å². The highest BCUT2D eigenvalue weighted by molar-refractivity contribution is 7.89. The number of rotatable bonds is 6. The number of nitrogens with one attached hydrogen (secondary N) is 1. The van der Waals surface area contributed by atoms with E-state index in [0.717, 1.165) is 5.56 Å². The molecule has 18 heavy (non-hydrogen) atoms. The molecule has 2 N–H and O–H groups in total. The molecule has 100 valence electrons. The van der Waals surface area contributed by atoms with Gasteiger partial charge in [-0.3, -0.25) is 10.0 Å². The number of carbonyl (C=O) groups excluding carboxylic acids is 1. The van der Waals surface area contributed by atoms with Gasteiger partial charge < -0.3 is 0 Å². The lowest BCUT2D eigenvalue weighted by Crippen LogP contribution is -2.31. The Kier molecular flexibility index (Phi) is 5.26. The molecule has 0 saturated heterocycles. The van der Waals surface area contributed by atoms with Crippen molar-refractivity contribution in [3.63, 3.8) is 0 Å². The predicted octanol–water partition coefficient (Wildman–Crippen LogP) is 0.344. The van der Waals surface area contributed by atoms with Crippen molar-refractivity contribution in [2.45, 2.75) is 13.0 Å². The Balaban J connectivity index is 2.60. The highest BCUT2D eigenvalue weighted by Gasteiger charge is 2.19. The summed E-state index contributed by atoms with van der Waals surface area (Å²) < 4.78 is 24.8. The minimum absolute atomic E-state index is 0.254. The Morgan fingerprint density at radius 3 is 2.50 bits per heavy atom. The van der Waals surface area contributed by atoms with Crippen molar-refractivity contribution in [3.05, 3.63) is 35.9 Å². The number of amides is 1. The molecule has 1 rings (SSSR count). The van der Waals surface area contributed by atoms with Gasteiger partial charge in [0.1, 0.15) is 0 Å². The number of benzene rings is 1. The van der Waals surface area contributed by atoms with Gasteiger partial charge in [0.05, 0.1) is 5.75 Å². The summed E-state index contributed by atoms with van der Waals surface area (Å²) >= 11 is 0. The van der Waals surface area contributed by atoms with Gasteiger partial charge in [-0.05, 0) is 5.56 Å². The van der Waals surface area contributed by atoms with Crippen LogP contribution in [0.1, 0.15) is 12.0 Å². The lowest BCUT2D eigenvalue weighted by molar-refractivity contribution is -0.128. The first-order chi connectivity index (χ1) is 8.45. The summed E-state index contributed by atoms with van der Waals surface area (Å²) in [5.74, 6) is -1.05. The third-order valence-electron chi connectivity index (χ3n) is 2.43. The van der Waals surface area contributed by atoms with Crippen LogP contribution in [0.25, 0.3) is 0 Å². The van der Waals surface area contributed by atoms with E-state index in [1.807, 2.05) is 30.3 Å². The smallest absolute Gasteiger partial charge is 0.244 e. The molecule has 0 heterocycles. The van der Waals surface area contributed by atoms with Crippen LogP contribution < -0.4 is 5.48 Å². The first kappa shape index (κ1) is 14.6. The summed E-state index contributed by atoms with van der Waals surface area (Å²) in [6, 6.07) is 9.16. The van der Waals surface area contributed by atoms with E-state index in [1.54, 1.807) is 0 Å². The summed E-state index contributed by atoms with van der Waals surface area (Å²) in [4.78, 5) is 10.8. The topological polar surface area (TPSA) is 86.7 Å². The lowest BCUT2D eigenvalue weighted by Gasteiger charge is -2.16. The Labute approximate surface area is 106 Å². The molecule has 1 amide bonds. The molecular formula is C11H16N2O4S. The number of hydroxylamine groups is 1. The highest BCUT2D eigenvalue weighted by Crippen LogP contribution is 2.08. The normalized spacial score (nSPS) is 11.5. The summed E-state index contributed by atoms with van der Waals surface area (Å²) in [5.41, 5.74) is 2.27. The van der Waals surface area contributed by atoms with E-state index in [-0.39, 0.29) is 18.7 Å². The van der Waals surface area contributed by atoms with Crippen LogP contribution in [0.3, 0.4) is 0 Å². The fraction of sp³-hybridized carbons (Fsp3) is 0.364. The van der Waals surface area contributed by atoms with Crippen LogP contribution in [0.2, 0.25) is 0 Å². The SMILES string of the molecule is CN(Cc1ccccc1)S(=O)(=O)CCC(=O)NO. The van der Waals surface area contributed by atoms with Gasteiger partial charge in [0, 0.05) is 20.0 Å². The van der Waals surface area contributed by atoms with E-state index < -0.39 is 15.9 Å². The molecule has 0 atom stereocenters. The Hall–Kier alpha value is -1.44. The molecule has 6 nitrogen and oxygen atoms in total. The van der Waals surface area contributed by atoms with E-state index in [0.29, 0.717) is 0 Å². The summed E-state index contributed by atoms with van der Waals surface area (Å²) in [7, 11) is -2.04. The summed E-state index contributed by atoms with van der Waals surface area (Å²) in [6.07, 6.45) is -0.266. The molecule has 0 aliphatic heterocycles. The fourth-order valence-corrected chi connectivity index (χ4v) is 2.47. The quantitative estimate of drug-likeness (QED) is 0.577. The maximum Gasteiger partial charge on any atom is 0.244 e. The summed E-state index contributed by atoms with van der Waals surface area (Å²) in [6.45, 7) is 0.254. The van der Waals surface area contributed by atoms with Gasteiger partial charge in [0.25, 0.3) is 0 Å². The average molecular weight is 272 g/mol. The molecule has 1 aromatic rings. The third kappa shape index (κ3) is 4.44. The molecule has 1 aromatic carbocycles. The van der Waals surface area contributed by atoms with E-state index >= 15 is 0 Å². The Morgan fingerprint density at radius 2 is 1.94 bits per heavy atom. The minimum atomic E-state index is -3.50. The van der Waals surface area contributed by atoms with Crippen molar-refractivity contribution in [1.82, 2.24) is 9.79 Å². The van der Waals surface area contributed by atoms with Crippen LogP contribution in [-0.4, -0.2) is 36.6 Å². The van der Waals surface area contributed by atoms with Crippen molar-refractivity contribution in [1.29, 1.82) is 0 Å². The number of sulfonamides is 1. The largest absolute Gasteiger partial charge is 0.289 e. The second kappa shape index (κ2) is 6.48. The monoisotopic (exact) mass is 272 g/mol. The average Bonchev–Trinajstić information content (AvgIpc) is 2.37. The number of nitrogens with zero attached hydrogens (tertiary/aromatic N) is 1. The van der Waals surface area contributed by atoms with Gasteiger partial charge in [-0.2, -0.15) is 0 Å². The molecule has 0 aliphatic carbocycles. The van der Waals surface area contributed by atoms with E-state index in [9.17, 15) is 13.2 Å². The van der Waals surface area contributed by atoms with Crippen LogP contribution in [0.4, 0.5) is 0 Å². The van der Waals surface area contributed by atoms with Crippen LogP contribution >= 0.6 is 0 Å². The van der Waals surface area contributed by atoms with Crippen molar-refractivity contribution in [3.8, 4) is 0 Å². The van der Waals surface area contributed by atoms with Crippen LogP contribution in [-0.2, 0) is 21.4 Å². The molecule has 0 aliphatic rings. The van der Waals surface area contributed by atoms with Crippen LogP contribution in [0, 0.1) is 0 Å². The third-order valence-corrected chi connectivity index (χ3v) is 4.23. The van der Waals surface area contributed by atoms with Gasteiger partial charge in [0.2, 0.25) is 15.9 Å². The molecular weight excluding hydrogens is 256 g/mol. The van der Waals surface area contributed by atoms with Crippen LogP contribution in [0.5, 0.6) is 0 Å². The first-order valence-electron chi connectivity index (χ1n) is 5.36. The molecule has 0 aromatic heterocycles. The second-order valence-corrected chi connectivity index (χ2v) is 6.04. The number of carbonyl (C=O) groups is 1. The molecule has 0 fully saturated rings. The van der Waals surface area contributed by atoms with Crippen molar-refractivity contribution in [2.75, 3.05) is 12.8 Å². The predicted molar refractivity (Wildman–Crippen MR) is 66.2 cm³/mol. The van der Waals surface area contributed by atoms with Crippen molar-refractivity contribution < 1.29 is 18.4 Å². The number of hydrogen-bond donors (Lipinski definition) is 2. The standard InChI is InChI=1S/C11H16N2O4S/c1-13(9-10-5-3-2-4-6-10)18(16,17)8-7-11(14)12-15/h2-6,15H,7-9H2,1H3,(H,12,14). The fourth-order valence-electron chi connectivity index (χ4n) is 1.37. The molecule has 0 unspecified atom stereocenters. The molecule has 0 radical (unpaired) electrons. The minimum Gasteiger partial charge on any atom is -0.289 e. The van der Waals surface area contributed by atoms with Crippen molar-refractivity contribution >= 4 is 15.9 Å². The highest BCUT2D eigenvalue weighted by atomic mass is 32.2. The zero-order valence-corrected chi connectivity index (χ0v) is 10.9. The zero-order valence-electron chi connectivity index (χ0n) is 10.0. The van der Waals surface area contributed by atoms with Gasteiger partial charge in [-0.15, -0.1) is 0 Å². The molecule has 0 spiro atoms. The van der Waals surface area contributed by atoms with Gasteiger partial charge in [-0.1, -0.05) is 30.3 Å². The Bertz CT molecular complexity index is 487. The van der Waals surface area contributed by atoms with E-state index in [2.05, 4.69) is 0 Å². The van der Waals surface area contributed by atoms with Gasteiger partial charge >= 0.3 is 0 Å². The van der Waals surface area contributed by atoms with E-state index in [4.69, 9.17) is 5.21 Å². The maximum absolute atomic E-state index is 11.8. The lowest BCUT2D eigenvalue weighted by atomic mass is 10.2. The molecule has 7 heteroatoms. The Morgan fingerprint density at radius 1 is 1.33 bits per heavy atom. The second-order valence-electron chi connectivity index (χ2n) is 3.84. The maximum atomic E-state index is 11.8. The van der Waals surface area contributed by atoms with Crippen molar-refractivity contribution in [2.24, 2.45) is 0 Å². The number of hydrogen-bond acceptors (Lipinski definition) is 4. The molecule has 0 saturated carbocycles.